The number of aromatic nitrogens is 2. The van der Waals surface area contributed by atoms with E-state index < -0.39 is 0 Å². The lowest BCUT2D eigenvalue weighted by molar-refractivity contribution is -0.110. The predicted octanol–water partition coefficient (Wildman–Crippen LogP) is 5.25. The molecule has 1 aliphatic heterocycles. The average Bonchev–Trinajstić information content (AvgIpc) is 3.36. The maximum absolute atomic E-state index is 13.2. The monoisotopic (exact) mass is 425 g/mol. The van der Waals surface area contributed by atoms with Gasteiger partial charge in [0.2, 0.25) is 5.78 Å². The van der Waals surface area contributed by atoms with Crippen LogP contribution in [0.3, 0.4) is 0 Å². The smallest absolute Gasteiger partial charge is 0.256 e. The summed E-state index contributed by atoms with van der Waals surface area (Å²) in [5.74, 6) is -0.463. The van der Waals surface area contributed by atoms with E-state index in [0.29, 0.717) is 33.0 Å². The molecule has 5 rings (SSSR count). The predicted molar refractivity (Wildman–Crippen MR) is 121 cm³/mol. The molecule has 0 saturated heterocycles. The van der Waals surface area contributed by atoms with Gasteiger partial charge in [0, 0.05) is 39.2 Å². The van der Waals surface area contributed by atoms with Gasteiger partial charge in [-0.1, -0.05) is 60.1 Å². The van der Waals surface area contributed by atoms with E-state index in [9.17, 15) is 9.59 Å². The summed E-state index contributed by atoms with van der Waals surface area (Å²) in [4.78, 5) is 25.9. The van der Waals surface area contributed by atoms with Crippen molar-refractivity contribution in [2.24, 2.45) is 0 Å². The van der Waals surface area contributed by atoms with Gasteiger partial charge < -0.3 is 5.32 Å². The van der Waals surface area contributed by atoms with E-state index in [4.69, 9.17) is 11.6 Å². The first-order chi connectivity index (χ1) is 15.1. The number of hydrogen-bond donors (Lipinski definition) is 1. The standard InChI is InChI=1S/C25H16ClN3O2/c26-18-11-12-22-20(14-18)21(25(31)27-22)13-17-15-29(19-9-5-2-6-10-19)28-23(17)24(30)16-7-3-1-4-8-16/h1-15H,(H,27,31)/b21-13+. The van der Waals surface area contributed by atoms with Gasteiger partial charge in [-0.05, 0) is 36.4 Å². The number of anilines is 1. The van der Waals surface area contributed by atoms with Crippen LogP contribution in [0.25, 0.3) is 17.3 Å². The van der Waals surface area contributed by atoms with Gasteiger partial charge in [0.25, 0.3) is 5.91 Å². The molecule has 0 radical (unpaired) electrons. The summed E-state index contributed by atoms with van der Waals surface area (Å²) < 4.78 is 1.65. The fourth-order valence-electron chi connectivity index (χ4n) is 3.57. The Labute approximate surface area is 183 Å². The molecule has 1 aliphatic rings. The highest BCUT2D eigenvalue weighted by Crippen LogP contribution is 2.35. The Morgan fingerprint density at radius 1 is 0.968 bits per heavy atom. The van der Waals surface area contributed by atoms with E-state index in [0.717, 1.165) is 5.69 Å². The van der Waals surface area contributed by atoms with Crippen molar-refractivity contribution in [1.82, 2.24) is 9.78 Å². The van der Waals surface area contributed by atoms with E-state index >= 15 is 0 Å². The SMILES string of the molecule is O=C1Nc2ccc(Cl)cc2/C1=C\c1cn(-c2ccccc2)nc1C(=O)c1ccccc1. The van der Waals surface area contributed by atoms with Crippen molar-refractivity contribution >= 4 is 40.6 Å². The van der Waals surface area contributed by atoms with Crippen LogP contribution in [0, 0.1) is 0 Å². The Balaban J connectivity index is 1.67. The number of benzene rings is 3. The van der Waals surface area contributed by atoms with Crippen molar-refractivity contribution in [2.45, 2.75) is 0 Å². The number of nitrogens with zero attached hydrogens (tertiary/aromatic N) is 2. The van der Waals surface area contributed by atoms with Gasteiger partial charge in [-0.3, -0.25) is 9.59 Å². The van der Waals surface area contributed by atoms with Crippen molar-refractivity contribution < 1.29 is 9.59 Å². The summed E-state index contributed by atoms with van der Waals surface area (Å²) in [7, 11) is 0. The maximum Gasteiger partial charge on any atom is 0.256 e. The minimum atomic E-state index is -0.247. The molecule has 6 heteroatoms. The van der Waals surface area contributed by atoms with Crippen LogP contribution >= 0.6 is 11.6 Å². The molecule has 4 aromatic rings. The first kappa shape index (κ1) is 19.0. The summed E-state index contributed by atoms with van der Waals surface area (Å²) in [6.45, 7) is 0. The molecule has 0 spiro atoms. The molecule has 3 aromatic carbocycles. The minimum Gasteiger partial charge on any atom is -0.321 e. The van der Waals surface area contributed by atoms with Crippen LogP contribution in [0.5, 0.6) is 0 Å². The number of fused-ring (bicyclic) bond motifs is 1. The number of para-hydroxylation sites is 1. The van der Waals surface area contributed by atoms with Crippen LogP contribution in [0.1, 0.15) is 27.2 Å². The Morgan fingerprint density at radius 2 is 1.68 bits per heavy atom. The third-order valence-corrected chi connectivity index (χ3v) is 5.31. The van der Waals surface area contributed by atoms with Crippen LogP contribution < -0.4 is 5.32 Å². The molecule has 5 nitrogen and oxygen atoms in total. The van der Waals surface area contributed by atoms with Gasteiger partial charge in [0.05, 0.1) is 5.69 Å². The number of nitrogens with one attached hydrogen (secondary N) is 1. The quantitative estimate of drug-likeness (QED) is 0.359. The molecule has 2 heterocycles. The lowest BCUT2D eigenvalue weighted by Gasteiger charge is -2.01. The molecule has 0 atom stereocenters. The zero-order valence-electron chi connectivity index (χ0n) is 16.2. The Bertz CT molecular complexity index is 1340. The van der Waals surface area contributed by atoms with Gasteiger partial charge in [-0.2, -0.15) is 5.10 Å². The molecule has 0 unspecified atom stereocenters. The molecular weight excluding hydrogens is 410 g/mol. The van der Waals surface area contributed by atoms with Crippen LogP contribution in [0.15, 0.2) is 85.1 Å². The third kappa shape index (κ3) is 3.56. The van der Waals surface area contributed by atoms with E-state index in [2.05, 4.69) is 10.4 Å². The van der Waals surface area contributed by atoms with E-state index in [-0.39, 0.29) is 17.4 Å². The highest BCUT2D eigenvalue weighted by molar-refractivity contribution is 6.37. The van der Waals surface area contributed by atoms with E-state index in [1.54, 1.807) is 47.3 Å². The lowest BCUT2D eigenvalue weighted by Crippen LogP contribution is -2.06. The molecule has 150 valence electrons. The highest BCUT2D eigenvalue weighted by atomic mass is 35.5. The van der Waals surface area contributed by atoms with Crippen LogP contribution in [0.2, 0.25) is 5.02 Å². The van der Waals surface area contributed by atoms with Crippen molar-refractivity contribution in [2.75, 3.05) is 5.32 Å². The van der Waals surface area contributed by atoms with Crippen molar-refractivity contribution in [1.29, 1.82) is 0 Å². The fraction of sp³-hybridized carbons (Fsp3) is 0. The Hall–Kier alpha value is -3.96. The zero-order valence-corrected chi connectivity index (χ0v) is 17.0. The third-order valence-electron chi connectivity index (χ3n) is 5.08. The number of ketones is 1. The molecule has 1 aromatic heterocycles. The second-order valence-corrected chi connectivity index (χ2v) is 7.55. The van der Waals surface area contributed by atoms with Crippen LogP contribution in [-0.4, -0.2) is 21.5 Å². The number of amides is 1. The first-order valence-electron chi connectivity index (χ1n) is 9.68. The zero-order chi connectivity index (χ0) is 21.4. The topological polar surface area (TPSA) is 64.0 Å². The van der Waals surface area contributed by atoms with Crippen LogP contribution in [-0.2, 0) is 4.79 Å². The lowest BCUT2D eigenvalue weighted by atomic mass is 10.0. The van der Waals surface area contributed by atoms with Crippen LogP contribution in [0.4, 0.5) is 5.69 Å². The molecule has 1 amide bonds. The number of halogens is 1. The summed E-state index contributed by atoms with van der Waals surface area (Å²) >= 11 is 6.15. The van der Waals surface area contributed by atoms with Gasteiger partial charge in [-0.15, -0.1) is 0 Å². The molecule has 0 aliphatic carbocycles. The summed E-state index contributed by atoms with van der Waals surface area (Å²) in [5, 5.41) is 7.93. The molecule has 0 saturated carbocycles. The fourth-order valence-corrected chi connectivity index (χ4v) is 3.74. The maximum atomic E-state index is 13.2. The Morgan fingerprint density at radius 3 is 2.42 bits per heavy atom. The Kier molecular flexibility index (Phi) is 4.73. The normalized spacial score (nSPS) is 13.8. The number of rotatable bonds is 4. The summed E-state index contributed by atoms with van der Waals surface area (Å²) in [6.07, 6.45) is 3.45. The van der Waals surface area contributed by atoms with E-state index in [1.165, 1.54) is 0 Å². The largest absolute Gasteiger partial charge is 0.321 e. The van der Waals surface area contributed by atoms with Crippen molar-refractivity contribution in [3.05, 3.63) is 112 Å². The highest BCUT2D eigenvalue weighted by Gasteiger charge is 2.26. The molecular formula is C25H16ClN3O2. The van der Waals surface area contributed by atoms with Crippen molar-refractivity contribution in [3.8, 4) is 5.69 Å². The molecule has 0 bridgehead atoms. The summed E-state index contributed by atoms with van der Waals surface area (Å²) in [6, 6.07) is 23.7. The van der Waals surface area contributed by atoms with Gasteiger partial charge >= 0.3 is 0 Å². The second kappa shape index (κ2) is 7.70. The summed E-state index contributed by atoms with van der Waals surface area (Å²) in [5.41, 5.74) is 3.98. The van der Waals surface area contributed by atoms with Gasteiger partial charge in [-0.25, -0.2) is 4.68 Å². The average molecular weight is 426 g/mol. The second-order valence-electron chi connectivity index (χ2n) is 7.11. The van der Waals surface area contributed by atoms with Gasteiger partial charge in [0.1, 0.15) is 5.69 Å². The first-order valence-corrected chi connectivity index (χ1v) is 10.1. The van der Waals surface area contributed by atoms with Gasteiger partial charge in [0.15, 0.2) is 0 Å². The molecule has 31 heavy (non-hydrogen) atoms. The van der Waals surface area contributed by atoms with E-state index in [1.807, 2.05) is 48.5 Å². The minimum absolute atomic E-state index is 0.216. The number of carbonyl (C=O) groups is 2. The number of hydrogen-bond acceptors (Lipinski definition) is 3. The van der Waals surface area contributed by atoms with Crippen molar-refractivity contribution in [3.63, 3.8) is 0 Å². The number of carbonyl (C=O) groups excluding carboxylic acids is 2. The molecule has 0 fully saturated rings. The molecule has 1 N–H and O–H groups in total.